The Morgan fingerprint density at radius 3 is 2.69 bits per heavy atom. The molecule has 4 rings (SSSR count). The Balaban J connectivity index is 1.70. The number of furan rings is 1. The van der Waals surface area contributed by atoms with Gasteiger partial charge in [-0.3, -0.25) is 9.78 Å². The lowest BCUT2D eigenvalue weighted by molar-refractivity contribution is 0.0798. The third-order valence-electron chi connectivity index (χ3n) is 4.94. The van der Waals surface area contributed by atoms with E-state index in [9.17, 15) is 4.79 Å². The van der Waals surface area contributed by atoms with E-state index in [1.54, 1.807) is 24.2 Å². The van der Waals surface area contributed by atoms with Crippen LogP contribution in [-0.2, 0) is 6.42 Å². The van der Waals surface area contributed by atoms with Gasteiger partial charge in [0.15, 0.2) is 0 Å². The van der Waals surface area contributed by atoms with Crippen molar-refractivity contribution in [3.8, 4) is 11.3 Å². The quantitative estimate of drug-likeness (QED) is 0.510. The van der Waals surface area contributed by atoms with E-state index in [0.29, 0.717) is 41.0 Å². The van der Waals surface area contributed by atoms with E-state index < -0.39 is 0 Å². The highest BCUT2D eigenvalue weighted by Gasteiger charge is 2.23. The van der Waals surface area contributed by atoms with Crippen LogP contribution in [0.25, 0.3) is 22.4 Å². The van der Waals surface area contributed by atoms with Gasteiger partial charge in [0.05, 0.1) is 22.3 Å². The lowest BCUT2D eigenvalue weighted by atomic mass is 10.0. The number of rotatable bonds is 5. The maximum absolute atomic E-state index is 13.3. The number of pyridine rings is 2. The van der Waals surface area contributed by atoms with Crippen molar-refractivity contribution in [1.29, 1.82) is 0 Å². The maximum atomic E-state index is 13.3. The molecular formula is C22H22N4O3. The second kappa shape index (κ2) is 7.50. The van der Waals surface area contributed by atoms with Crippen molar-refractivity contribution in [2.75, 3.05) is 13.6 Å². The molecule has 0 atom stereocenters. The van der Waals surface area contributed by atoms with Crippen molar-refractivity contribution in [3.05, 3.63) is 65.0 Å². The first-order chi connectivity index (χ1) is 13.9. The molecule has 7 heteroatoms. The van der Waals surface area contributed by atoms with Crippen molar-refractivity contribution < 1.29 is 13.7 Å². The summed E-state index contributed by atoms with van der Waals surface area (Å²) in [6.07, 6.45) is 2.43. The molecule has 0 spiro atoms. The minimum absolute atomic E-state index is 0.112. The molecule has 0 fully saturated rings. The molecule has 1 amide bonds. The summed E-state index contributed by atoms with van der Waals surface area (Å²) in [5, 5.41) is 4.65. The highest BCUT2D eigenvalue weighted by Crippen LogP contribution is 2.30. The monoisotopic (exact) mass is 390 g/mol. The molecule has 0 N–H and O–H groups in total. The topological polar surface area (TPSA) is 85.3 Å². The van der Waals surface area contributed by atoms with Crippen molar-refractivity contribution in [3.63, 3.8) is 0 Å². The van der Waals surface area contributed by atoms with Crippen LogP contribution in [0.2, 0.25) is 0 Å². The van der Waals surface area contributed by atoms with Crippen LogP contribution in [0.5, 0.6) is 0 Å². The predicted octanol–water partition coefficient (Wildman–Crippen LogP) is 4.12. The van der Waals surface area contributed by atoms with Gasteiger partial charge in [-0.2, -0.15) is 0 Å². The van der Waals surface area contributed by atoms with E-state index in [1.165, 1.54) is 0 Å². The molecule has 4 aromatic heterocycles. The third kappa shape index (κ3) is 3.63. The Bertz CT molecular complexity index is 1180. The van der Waals surface area contributed by atoms with Gasteiger partial charge in [0.25, 0.3) is 11.6 Å². The first-order valence-corrected chi connectivity index (χ1v) is 9.44. The summed E-state index contributed by atoms with van der Waals surface area (Å²) >= 11 is 0. The number of fused-ring (bicyclic) bond motifs is 1. The molecule has 0 radical (unpaired) electrons. The molecule has 4 aromatic rings. The first-order valence-electron chi connectivity index (χ1n) is 9.44. The van der Waals surface area contributed by atoms with Crippen molar-refractivity contribution in [2.45, 2.75) is 27.2 Å². The van der Waals surface area contributed by atoms with Gasteiger partial charge in [-0.1, -0.05) is 11.2 Å². The van der Waals surface area contributed by atoms with Crippen LogP contribution in [0.4, 0.5) is 0 Å². The largest absolute Gasteiger partial charge is 0.466 e. The molecule has 7 nitrogen and oxygen atoms in total. The number of carbonyl (C=O) groups excluding carboxylic acids is 1. The van der Waals surface area contributed by atoms with E-state index in [2.05, 4.69) is 15.1 Å². The van der Waals surface area contributed by atoms with Crippen molar-refractivity contribution in [2.24, 2.45) is 0 Å². The SMILES string of the molecule is Cc1cc(-c2cc(C(=O)N(C)CCc3ccccn3)c3c(C)noc3n2)c(C)o1. The summed E-state index contributed by atoms with van der Waals surface area (Å²) in [6, 6.07) is 9.48. The Morgan fingerprint density at radius 1 is 1.17 bits per heavy atom. The number of hydrogen-bond donors (Lipinski definition) is 0. The normalized spacial score (nSPS) is 11.2. The third-order valence-corrected chi connectivity index (χ3v) is 4.94. The highest BCUT2D eigenvalue weighted by molar-refractivity contribution is 6.06. The number of carbonyl (C=O) groups is 1. The molecule has 0 saturated carbocycles. The van der Waals surface area contributed by atoms with Gasteiger partial charge < -0.3 is 13.8 Å². The number of aryl methyl sites for hydroxylation is 3. The van der Waals surface area contributed by atoms with E-state index in [0.717, 1.165) is 22.8 Å². The predicted molar refractivity (Wildman–Crippen MR) is 109 cm³/mol. The van der Waals surface area contributed by atoms with Crippen LogP contribution in [0, 0.1) is 20.8 Å². The number of amides is 1. The van der Waals surface area contributed by atoms with Crippen LogP contribution < -0.4 is 0 Å². The summed E-state index contributed by atoms with van der Waals surface area (Å²) in [5.74, 6) is 1.42. The van der Waals surface area contributed by atoms with Gasteiger partial charge in [-0.15, -0.1) is 0 Å². The van der Waals surface area contributed by atoms with Gasteiger partial charge in [0.2, 0.25) is 0 Å². The molecule has 0 aromatic carbocycles. The molecule has 148 valence electrons. The summed E-state index contributed by atoms with van der Waals surface area (Å²) in [4.78, 5) is 23.9. The van der Waals surface area contributed by atoms with Crippen LogP contribution >= 0.6 is 0 Å². The molecule has 0 saturated heterocycles. The number of hydrogen-bond acceptors (Lipinski definition) is 6. The Morgan fingerprint density at radius 2 is 2.00 bits per heavy atom. The van der Waals surface area contributed by atoms with Crippen molar-refractivity contribution in [1.82, 2.24) is 20.0 Å². The molecular weight excluding hydrogens is 368 g/mol. The number of nitrogens with zero attached hydrogens (tertiary/aromatic N) is 4. The lowest BCUT2D eigenvalue weighted by Crippen LogP contribution is -2.29. The molecule has 29 heavy (non-hydrogen) atoms. The number of likely N-dealkylation sites (N-methyl/N-ethyl adjacent to an activating group) is 1. The lowest BCUT2D eigenvalue weighted by Gasteiger charge is -2.18. The summed E-state index contributed by atoms with van der Waals surface area (Å²) in [6.45, 7) is 6.11. The van der Waals surface area contributed by atoms with Crippen LogP contribution in [0.15, 0.2) is 45.5 Å². The van der Waals surface area contributed by atoms with Crippen LogP contribution in [-0.4, -0.2) is 39.5 Å². The zero-order valence-electron chi connectivity index (χ0n) is 16.9. The molecule has 0 aliphatic rings. The Labute approximate surface area is 168 Å². The Kier molecular flexibility index (Phi) is 4.88. The minimum atomic E-state index is -0.112. The summed E-state index contributed by atoms with van der Waals surface area (Å²) < 4.78 is 11.0. The zero-order chi connectivity index (χ0) is 20.5. The van der Waals surface area contributed by atoms with Gasteiger partial charge in [0, 0.05) is 37.5 Å². The summed E-state index contributed by atoms with van der Waals surface area (Å²) in [7, 11) is 1.79. The molecule has 4 heterocycles. The maximum Gasteiger partial charge on any atom is 0.259 e. The first kappa shape index (κ1) is 18.9. The molecule has 0 unspecified atom stereocenters. The fourth-order valence-electron chi connectivity index (χ4n) is 3.42. The van der Waals surface area contributed by atoms with Crippen LogP contribution in [0.1, 0.15) is 33.3 Å². The van der Waals surface area contributed by atoms with E-state index in [1.807, 2.05) is 45.0 Å². The zero-order valence-corrected chi connectivity index (χ0v) is 16.9. The molecule has 0 aliphatic carbocycles. The minimum Gasteiger partial charge on any atom is -0.466 e. The fraction of sp³-hybridized carbons (Fsp3) is 0.273. The van der Waals surface area contributed by atoms with Gasteiger partial charge in [0.1, 0.15) is 11.5 Å². The highest BCUT2D eigenvalue weighted by atomic mass is 16.5. The van der Waals surface area contributed by atoms with E-state index in [-0.39, 0.29) is 5.91 Å². The summed E-state index contributed by atoms with van der Waals surface area (Å²) in [5.41, 5.74) is 3.91. The standard InChI is InChI=1S/C22H22N4O3/c1-13-11-17(15(3)28-13)19-12-18(20-14(2)25-29-21(20)24-19)22(27)26(4)10-8-16-7-5-6-9-23-16/h5-7,9,11-12H,8,10H2,1-4H3. The molecule has 0 aliphatic heterocycles. The van der Waals surface area contributed by atoms with E-state index >= 15 is 0 Å². The van der Waals surface area contributed by atoms with Crippen LogP contribution in [0.3, 0.4) is 0 Å². The second-order valence-electron chi connectivity index (χ2n) is 7.13. The smallest absolute Gasteiger partial charge is 0.259 e. The second-order valence-corrected chi connectivity index (χ2v) is 7.13. The van der Waals surface area contributed by atoms with Gasteiger partial charge in [-0.25, -0.2) is 4.98 Å². The Hall–Kier alpha value is -3.48. The number of aromatic nitrogens is 3. The average molecular weight is 390 g/mol. The van der Waals surface area contributed by atoms with Gasteiger partial charge >= 0.3 is 0 Å². The molecule has 0 bridgehead atoms. The fourth-order valence-corrected chi connectivity index (χ4v) is 3.42. The van der Waals surface area contributed by atoms with E-state index in [4.69, 9.17) is 8.94 Å². The average Bonchev–Trinajstić information content (AvgIpc) is 3.27. The van der Waals surface area contributed by atoms with Gasteiger partial charge in [-0.05, 0) is 45.0 Å². The van der Waals surface area contributed by atoms with Crippen molar-refractivity contribution >= 4 is 17.0 Å².